The highest BCUT2D eigenvalue weighted by Gasteiger charge is 2.23. The zero-order valence-corrected chi connectivity index (χ0v) is 15.6. The molecule has 5 nitrogen and oxygen atoms in total. The van der Waals surface area contributed by atoms with Crippen LogP contribution in [0.1, 0.15) is 24.0 Å². The average molecular weight is 373 g/mol. The minimum atomic E-state index is -0.257. The van der Waals surface area contributed by atoms with E-state index in [1.807, 2.05) is 48.5 Å². The van der Waals surface area contributed by atoms with Crippen LogP contribution in [0.3, 0.4) is 0 Å². The van der Waals surface area contributed by atoms with Crippen LogP contribution in [0.15, 0.2) is 66.7 Å². The van der Waals surface area contributed by atoms with Crippen molar-refractivity contribution in [1.29, 1.82) is 0 Å². The topological polar surface area (TPSA) is 70.2 Å². The average Bonchev–Trinajstić information content (AvgIpc) is 3.51. The lowest BCUT2D eigenvalue weighted by Gasteiger charge is -2.10. The molecule has 3 N–H and O–H groups in total. The summed E-state index contributed by atoms with van der Waals surface area (Å²) in [5, 5.41) is 11.0. The van der Waals surface area contributed by atoms with E-state index in [4.69, 9.17) is 0 Å². The Balaban J connectivity index is 1.30. The third-order valence-corrected chi connectivity index (χ3v) is 4.84. The van der Waals surface area contributed by atoms with Gasteiger partial charge in [-0.25, -0.2) is 4.79 Å². The van der Waals surface area contributed by atoms with Crippen molar-refractivity contribution in [3.63, 3.8) is 0 Å². The number of hydrogen-bond acceptors (Lipinski definition) is 2. The maximum absolute atomic E-state index is 12.2. The van der Waals surface area contributed by atoms with Gasteiger partial charge in [0.15, 0.2) is 0 Å². The molecule has 0 atom stereocenters. The van der Waals surface area contributed by atoms with Gasteiger partial charge in [-0.05, 0) is 46.9 Å². The van der Waals surface area contributed by atoms with Gasteiger partial charge in [-0.15, -0.1) is 0 Å². The maximum Gasteiger partial charge on any atom is 0.319 e. The number of rotatable bonds is 6. The summed E-state index contributed by atoms with van der Waals surface area (Å²) in [6.45, 7) is 0.451. The van der Waals surface area contributed by atoms with E-state index in [0.717, 1.165) is 34.7 Å². The lowest BCUT2D eigenvalue weighted by atomic mass is 10.0. The molecule has 0 heterocycles. The first-order valence-corrected chi connectivity index (χ1v) is 9.57. The largest absolute Gasteiger partial charge is 0.353 e. The summed E-state index contributed by atoms with van der Waals surface area (Å²) in [4.78, 5) is 24.1. The summed E-state index contributed by atoms with van der Waals surface area (Å²) in [6, 6.07) is 21.7. The van der Waals surface area contributed by atoms with Crippen molar-refractivity contribution >= 4 is 28.4 Å². The number of carbonyl (C=O) groups is 2. The summed E-state index contributed by atoms with van der Waals surface area (Å²) in [5.41, 5.74) is 2.70. The molecule has 1 fully saturated rings. The molecule has 3 aromatic rings. The van der Waals surface area contributed by atoms with E-state index in [1.54, 1.807) is 0 Å². The number of amides is 3. The molecule has 0 unspecified atom stereocenters. The molecule has 0 aliphatic heterocycles. The molecule has 4 rings (SSSR count). The van der Waals surface area contributed by atoms with Crippen LogP contribution < -0.4 is 16.0 Å². The highest BCUT2D eigenvalue weighted by Crippen LogP contribution is 2.19. The molecule has 1 aliphatic rings. The number of hydrogen-bond donors (Lipinski definition) is 3. The number of nitrogens with one attached hydrogen (secondary N) is 3. The first-order valence-electron chi connectivity index (χ1n) is 9.57. The number of urea groups is 1. The Morgan fingerprint density at radius 3 is 2.43 bits per heavy atom. The van der Waals surface area contributed by atoms with Crippen LogP contribution in [0.25, 0.3) is 10.8 Å². The monoisotopic (exact) mass is 373 g/mol. The predicted octanol–water partition coefficient (Wildman–Crippen LogP) is 3.98. The minimum absolute atomic E-state index is 0.0519. The van der Waals surface area contributed by atoms with Crippen LogP contribution in [0.5, 0.6) is 0 Å². The normalized spacial score (nSPS) is 13.1. The fourth-order valence-electron chi connectivity index (χ4n) is 3.20. The predicted molar refractivity (Wildman–Crippen MR) is 111 cm³/mol. The Bertz CT molecular complexity index is 989. The van der Waals surface area contributed by atoms with Gasteiger partial charge >= 0.3 is 6.03 Å². The van der Waals surface area contributed by atoms with Crippen LogP contribution in [0, 0.1) is 0 Å². The summed E-state index contributed by atoms with van der Waals surface area (Å²) in [7, 11) is 0. The zero-order chi connectivity index (χ0) is 19.3. The van der Waals surface area contributed by atoms with E-state index < -0.39 is 0 Å². The Morgan fingerprint density at radius 1 is 0.893 bits per heavy atom. The third kappa shape index (κ3) is 4.68. The fraction of sp³-hybridized carbons (Fsp3) is 0.217. The van der Waals surface area contributed by atoms with Gasteiger partial charge < -0.3 is 16.0 Å². The Hall–Kier alpha value is -3.34. The highest BCUT2D eigenvalue weighted by atomic mass is 16.2. The molecular weight excluding hydrogens is 350 g/mol. The van der Waals surface area contributed by atoms with E-state index >= 15 is 0 Å². The summed E-state index contributed by atoms with van der Waals surface area (Å²) >= 11 is 0. The Morgan fingerprint density at radius 2 is 1.64 bits per heavy atom. The molecule has 0 bridgehead atoms. The molecule has 0 saturated heterocycles. The minimum Gasteiger partial charge on any atom is -0.353 e. The zero-order valence-electron chi connectivity index (χ0n) is 15.6. The smallest absolute Gasteiger partial charge is 0.319 e. The SMILES string of the molecule is O=C(Cc1ccc(NC(=O)NCc2cccc3ccccc23)cc1)NC1CC1. The Kier molecular flexibility index (Phi) is 5.24. The molecule has 1 aliphatic carbocycles. The number of anilines is 1. The summed E-state index contributed by atoms with van der Waals surface area (Å²) < 4.78 is 0. The van der Waals surface area contributed by atoms with Crippen LogP contribution in [-0.2, 0) is 17.8 Å². The van der Waals surface area contributed by atoms with Gasteiger partial charge in [-0.2, -0.15) is 0 Å². The first kappa shape index (κ1) is 18.0. The van der Waals surface area contributed by atoms with Gasteiger partial charge in [-0.1, -0.05) is 54.6 Å². The van der Waals surface area contributed by atoms with Crippen LogP contribution in [0.4, 0.5) is 10.5 Å². The quantitative estimate of drug-likeness (QED) is 0.612. The third-order valence-electron chi connectivity index (χ3n) is 4.84. The second-order valence-corrected chi connectivity index (χ2v) is 7.16. The van der Waals surface area contributed by atoms with Gasteiger partial charge in [0.05, 0.1) is 6.42 Å². The summed E-state index contributed by atoms with van der Waals surface area (Å²) in [6.07, 6.45) is 2.54. The molecule has 142 valence electrons. The molecule has 5 heteroatoms. The van der Waals surface area contributed by atoms with Gasteiger partial charge in [-0.3, -0.25) is 4.79 Å². The van der Waals surface area contributed by atoms with Gasteiger partial charge in [0.2, 0.25) is 5.91 Å². The lowest BCUT2D eigenvalue weighted by molar-refractivity contribution is -0.120. The van der Waals surface area contributed by atoms with Crippen molar-refractivity contribution in [1.82, 2.24) is 10.6 Å². The molecule has 3 amide bonds. The van der Waals surface area contributed by atoms with Crippen molar-refractivity contribution in [3.05, 3.63) is 77.9 Å². The maximum atomic E-state index is 12.2. The Labute approximate surface area is 164 Å². The van der Waals surface area contributed by atoms with E-state index in [2.05, 4.69) is 34.1 Å². The van der Waals surface area contributed by atoms with Crippen LogP contribution in [-0.4, -0.2) is 18.0 Å². The second-order valence-electron chi connectivity index (χ2n) is 7.16. The molecular formula is C23H23N3O2. The molecule has 3 aromatic carbocycles. The molecule has 1 saturated carbocycles. The fourth-order valence-corrected chi connectivity index (χ4v) is 3.20. The van der Waals surface area contributed by atoms with E-state index in [0.29, 0.717) is 24.7 Å². The number of benzene rings is 3. The second kappa shape index (κ2) is 8.13. The van der Waals surface area contributed by atoms with Crippen LogP contribution in [0.2, 0.25) is 0 Å². The molecule has 0 radical (unpaired) electrons. The standard InChI is InChI=1S/C23H23N3O2/c27-22(25-19-12-13-19)14-16-8-10-20(11-9-16)26-23(28)24-15-18-6-3-5-17-4-1-2-7-21(17)18/h1-11,19H,12-15H2,(H,25,27)(H2,24,26,28). The van der Waals surface area contributed by atoms with Crippen LogP contribution >= 0.6 is 0 Å². The van der Waals surface area contributed by atoms with E-state index in [9.17, 15) is 9.59 Å². The number of carbonyl (C=O) groups excluding carboxylic acids is 2. The van der Waals surface area contributed by atoms with Crippen molar-refractivity contribution in [2.24, 2.45) is 0 Å². The number of fused-ring (bicyclic) bond motifs is 1. The van der Waals surface area contributed by atoms with E-state index in [-0.39, 0.29) is 11.9 Å². The van der Waals surface area contributed by atoms with Crippen molar-refractivity contribution in [2.75, 3.05) is 5.32 Å². The van der Waals surface area contributed by atoms with Gasteiger partial charge in [0.25, 0.3) is 0 Å². The van der Waals surface area contributed by atoms with Gasteiger partial charge in [0.1, 0.15) is 0 Å². The molecule has 0 aromatic heterocycles. The van der Waals surface area contributed by atoms with Gasteiger partial charge in [0, 0.05) is 18.3 Å². The first-order chi connectivity index (χ1) is 13.7. The van der Waals surface area contributed by atoms with E-state index in [1.165, 1.54) is 0 Å². The summed E-state index contributed by atoms with van der Waals surface area (Å²) in [5.74, 6) is 0.0519. The van der Waals surface area contributed by atoms with Crippen molar-refractivity contribution in [2.45, 2.75) is 31.8 Å². The lowest BCUT2D eigenvalue weighted by Crippen LogP contribution is -2.28. The van der Waals surface area contributed by atoms with Crippen molar-refractivity contribution in [3.8, 4) is 0 Å². The van der Waals surface area contributed by atoms with Crippen molar-refractivity contribution < 1.29 is 9.59 Å². The molecule has 28 heavy (non-hydrogen) atoms. The molecule has 0 spiro atoms. The highest BCUT2D eigenvalue weighted by molar-refractivity contribution is 5.90.